The van der Waals surface area contributed by atoms with Crippen LogP contribution in [0.15, 0.2) is 54.6 Å². The van der Waals surface area contributed by atoms with Gasteiger partial charge >= 0.3 is 6.11 Å². The Kier molecular flexibility index (Phi) is 7.43. The standard InChI is InChI=1S/C28H20F8O/c1-2-3-4-5-15-10-22(30)25(23(31)11-15)28(35,36)37-18-7-9-19(21(29)14-18)16-6-8-20-17(12-16)13-24(32)27(34)26(20)33/h6-14H,2-5H2,1H3. The van der Waals surface area contributed by atoms with Gasteiger partial charge in [-0.3, -0.25) is 0 Å². The van der Waals surface area contributed by atoms with Crippen LogP contribution < -0.4 is 4.74 Å². The van der Waals surface area contributed by atoms with Gasteiger partial charge in [-0.25, -0.2) is 26.3 Å². The molecule has 0 fully saturated rings. The van der Waals surface area contributed by atoms with Crippen molar-refractivity contribution in [1.82, 2.24) is 0 Å². The Bertz CT molecular complexity index is 1440. The van der Waals surface area contributed by atoms with E-state index >= 15 is 0 Å². The molecule has 0 aromatic heterocycles. The highest BCUT2D eigenvalue weighted by molar-refractivity contribution is 5.88. The number of aryl methyl sites for hydroxylation is 1. The third-order valence-corrected chi connectivity index (χ3v) is 5.93. The second-order valence-electron chi connectivity index (χ2n) is 8.57. The predicted molar refractivity (Wildman–Crippen MR) is 123 cm³/mol. The SMILES string of the molecule is CCCCCc1cc(F)c(C(F)(F)Oc2ccc(-c3ccc4c(F)c(F)c(F)cc4c3)c(F)c2)c(F)c1. The summed E-state index contributed by atoms with van der Waals surface area (Å²) in [6.07, 6.45) is -1.79. The Morgan fingerprint density at radius 2 is 1.41 bits per heavy atom. The summed E-state index contributed by atoms with van der Waals surface area (Å²) in [6.45, 7) is 1.95. The van der Waals surface area contributed by atoms with Crippen LogP contribution in [0.1, 0.15) is 37.3 Å². The number of hydrogen-bond donors (Lipinski definition) is 0. The maximum atomic E-state index is 14.8. The molecular weight excluding hydrogens is 504 g/mol. The predicted octanol–water partition coefficient (Wildman–Crippen LogP) is 9.20. The van der Waals surface area contributed by atoms with Gasteiger partial charge < -0.3 is 4.74 Å². The van der Waals surface area contributed by atoms with Gasteiger partial charge in [-0.1, -0.05) is 31.9 Å². The molecule has 0 spiro atoms. The maximum Gasteiger partial charge on any atom is 0.432 e. The Labute approximate surface area is 207 Å². The van der Waals surface area contributed by atoms with Gasteiger partial charge in [0.05, 0.1) is 0 Å². The van der Waals surface area contributed by atoms with Crippen molar-refractivity contribution in [2.45, 2.75) is 38.7 Å². The molecule has 0 saturated heterocycles. The van der Waals surface area contributed by atoms with Crippen molar-refractivity contribution in [3.8, 4) is 16.9 Å². The fourth-order valence-corrected chi connectivity index (χ4v) is 4.09. The van der Waals surface area contributed by atoms with Crippen LogP contribution in [-0.2, 0) is 12.5 Å². The first kappa shape index (κ1) is 26.4. The third-order valence-electron chi connectivity index (χ3n) is 5.93. The number of unbranched alkanes of at least 4 members (excludes halogenated alkanes) is 2. The van der Waals surface area contributed by atoms with Crippen molar-refractivity contribution < 1.29 is 39.9 Å². The molecule has 4 rings (SSSR count). The maximum absolute atomic E-state index is 14.8. The molecular formula is C28H20F8O. The van der Waals surface area contributed by atoms with Gasteiger partial charge in [0.15, 0.2) is 17.5 Å². The van der Waals surface area contributed by atoms with E-state index in [1.807, 2.05) is 6.92 Å². The van der Waals surface area contributed by atoms with E-state index < -0.39 is 52.3 Å². The molecule has 0 aliphatic rings. The zero-order chi connectivity index (χ0) is 26.9. The Morgan fingerprint density at radius 3 is 2.05 bits per heavy atom. The summed E-state index contributed by atoms with van der Waals surface area (Å²) in [5.74, 6) is -9.21. The Balaban J connectivity index is 1.60. The van der Waals surface area contributed by atoms with E-state index in [0.29, 0.717) is 18.9 Å². The summed E-state index contributed by atoms with van der Waals surface area (Å²) in [7, 11) is 0. The van der Waals surface area contributed by atoms with Crippen LogP contribution in [0.2, 0.25) is 0 Å². The number of halogens is 8. The van der Waals surface area contributed by atoms with Crippen molar-refractivity contribution >= 4 is 10.8 Å². The third kappa shape index (κ3) is 5.40. The summed E-state index contributed by atoms with van der Waals surface area (Å²) in [6, 6.07) is 8.56. The quantitative estimate of drug-likeness (QED) is 0.127. The van der Waals surface area contributed by atoms with Crippen LogP contribution in [0, 0.1) is 34.9 Å². The highest BCUT2D eigenvalue weighted by atomic mass is 19.3. The van der Waals surface area contributed by atoms with Gasteiger partial charge in [0.1, 0.15) is 28.8 Å². The molecule has 4 aromatic rings. The van der Waals surface area contributed by atoms with E-state index in [-0.39, 0.29) is 27.5 Å². The minimum absolute atomic E-state index is 0.0516. The van der Waals surface area contributed by atoms with E-state index in [1.54, 1.807) is 0 Å². The zero-order valence-corrected chi connectivity index (χ0v) is 19.5. The summed E-state index contributed by atoms with van der Waals surface area (Å²) in [4.78, 5) is 0. The van der Waals surface area contributed by atoms with Crippen molar-refractivity contribution in [2.75, 3.05) is 0 Å². The second kappa shape index (κ2) is 10.4. The molecule has 194 valence electrons. The molecule has 0 unspecified atom stereocenters. The molecule has 1 nitrogen and oxygen atoms in total. The molecule has 0 amide bonds. The molecule has 0 radical (unpaired) electrons. The smallest absolute Gasteiger partial charge is 0.429 e. The molecule has 0 aliphatic heterocycles. The van der Waals surface area contributed by atoms with E-state index in [9.17, 15) is 35.1 Å². The number of ether oxygens (including phenoxy) is 1. The van der Waals surface area contributed by atoms with Crippen molar-refractivity contribution in [3.63, 3.8) is 0 Å². The second-order valence-corrected chi connectivity index (χ2v) is 8.57. The molecule has 0 aliphatic carbocycles. The Morgan fingerprint density at radius 1 is 0.703 bits per heavy atom. The van der Waals surface area contributed by atoms with E-state index in [4.69, 9.17) is 0 Å². The van der Waals surface area contributed by atoms with E-state index in [2.05, 4.69) is 4.74 Å². The average Bonchev–Trinajstić information content (AvgIpc) is 2.81. The van der Waals surface area contributed by atoms with Crippen LogP contribution in [0.3, 0.4) is 0 Å². The lowest BCUT2D eigenvalue weighted by Gasteiger charge is -2.20. The highest BCUT2D eigenvalue weighted by Crippen LogP contribution is 2.37. The van der Waals surface area contributed by atoms with Crippen LogP contribution >= 0.6 is 0 Å². The van der Waals surface area contributed by atoms with E-state index in [1.165, 1.54) is 12.1 Å². The largest absolute Gasteiger partial charge is 0.432 e. The van der Waals surface area contributed by atoms with E-state index in [0.717, 1.165) is 49.2 Å². The van der Waals surface area contributed by atoms with Gasteiger partial charge in [0.2, 0.25) is 0 Å². The number of alkyl halides is 2. The summed E-state index contributed by atoms with van der Waals surface area (Å²) in [5, 5.41) is -0.285. The molecule has 4 aromatic carbocycles. The van der Waals surface area contributed by atoms with Crippen LogP contribution in [0.4, 0.5) is 35.1 Å². The average molecular weight is 524 g/mol. The molecule has 0 saturated carbocycles. The zero-order valence-electron chi connectivity index (χ0n) is 19.5. The number of rotatable bonds is 8. The lowest BCUT2D eigenvalue weighted by Crippen LogP contribution is -2.25. The molecule has 9 heteroatoms. The number of fused-ring (bicyclic) bond motifs is 1. The van der Waals surface area contributed by atoms with Gasteiger partial charge in [0, 0.05) is 17.0 Å². The van der Waals surface area contributed by atoms with Crippen LogP contribution in [0.25, 0.3) is 21.9 Å². The number of hydrogen-bond acceptors (Lipinski definition) is 1. The molecule has 0 atom stereocenters. The van der Waals surface area contributed by atoms with Gasteiger partial charge in [-0.05, 0) is 65.8 Å². The first-order valence-corrected chi connectivity index (χ1v) is 11.4. The Hall–Kier alpha value is -3.62. The van der Waals surface area contributed by atoms with Gasteiger partial charge in [-0.15, -0.1) is 0 Å². The molecule has 0 heterocycles. The van der Waals surface area contributed by atoms with Gasteiger partial charge in [-0.2, -0.15) is 8.78 Å². The minimum Gasteiger partial charge on any atom is -0.429 e. The summed E-state index contributed by atoms with van der Waals surface area (Å²) < 4.78 is 119. The first-order valence-electron chi connectivity index (χ1n) is 11.4. The highest BCUT2D eigenvalue weighted by Gasteiger charge is 2.41. The van der Waals surface area contributed by atoms with Crippen molar-refractivity contribution in [3.05, 3.63) is 101 Å². The molecule has 37 heavy (non-hydrogen) atoms. The number of benzene rings is 4. The van der Waals surface area contributed by atoms with Crippen molar-refractivity contribution in [1.29, 1.82) is 0 Å². The van der Waals surface area contributed by atoms with Crippen molar-refractivity contribution in [2.24, 2.45) is 0 Å². The molecule has 0 N–H and O–H groups in total. The van der Waals surface area contributed by atoms with Crippen LogP contribution in [-0.4, -0.2) is 0 Å². The fraction of sp³-hybridized carbons (Fsp3) is 0.214. The summed E-state index contributed by atoms with van der Waals surface area (Å²) in [5.41, 5.74) is -1.39. The monoisotopic (exact) mass is 524 g/mol. The fourth-order valence-electron chi connectivity index (χ4n) is 4.09. The topological polar surface area (TPSA) is 9.23 Å². The lowest BCUT2D eigenvalue weighted by molar-refractivity contribution is -0.189. The van der Waals surface area contributed by atoms with Gasteiger partial charge in [0.25, 0.3) is 0 Å². The molecule has 0 bridgehead atoms. The minimum atomic E-state index is -4.45. The summed E-state index contributed by atoms with van der Waals surface area (Å²) >= 11 is 0. The lowest BCUT2D eigenvalue weighted by atomic mass is 10.00. The van der Waals surface area contributed by atoms with Crippen LogP contribution in [0.5, 0.6) is 5.75 Å². The first-order chi connectivity index (χ1) is 17.5. The normalized spacial score (nSPS) is 11.8.